The summed E-state index contributed by atoms with van der Waals surface area (Å²) in [4.78, 5) is 14.3. The predicted molar refractivity (Wildman–Crippen MR) is 86.6 cm³/mol. The van der Waals surface area contributed by atoms with Gasteiger partial charge in [-0.15, -0.1) is 0 Å². The first-order valence-electron chi connectivity index (χ1n) is 7.77. The highest BCUT2D eigenvalue weighted by Crippen LogP contribution is 2.38. The average molecular weight is 287 g/mol. The summed E-state index contributed by atoms with van der Waals surface area (Å²) in [6, 6.07) is 6.13. The number of hydrogen-bond donors (Lipinski definition) is 2. The van der Waals surface area contributed by atoms with Gasteiger partial charge in [0.05, 0.1) is 0 Å². The van der Waals surface area contributed by atoms with E-state index in [1.165, 1.54) is 12.1 Å². The van der Waals surface area contributed by atoms with Gasteiger partial charge in [-0.05, 0) is 36.9 Å². The fourth-order valence-corrected chi connectivity index (χ4v) is 3.44. The molecule has 4 heteroatoms. The lowest BCUT2D eigenvalue weighted by Gasteiger charge is -2.27. The van der Waals surface area contributed by atoms with E-state index in [0.29, 0.717) is 5.41 Å². The maximum atomic E-state index is 11.9. The zero-order valence-corrected chi connectivity index (χ0v) is 13.4. The fourth-order valence-electron chi connectivity index (χ4n) is 3.44. The van der Waals surface area contributed by atoms with Gasteiger partial charge in [-0.3, -0.25) is 4.79 Å². The van der Waals surface area contributed by atoms with Crippen molar-refractivity contribution in [2.45, 2.75) is 33.2 Å². The molecule has 4 nitrogen and oxygen atoms in total. The molecule has 1 fully saturated rings. The Bertz CT molecular complexity index is 562. The number of carbonyl (C=O) groups excluding carboxylic acids is 1. The molecule has 21 heavy (non-hydrogen) atoms. The van der Waals surface area contributed by atoms with Crippen molar-refractivity contribution in [3.63, 3.8) is 0 Å². The smallest absolute Gasteiger partial charge is 0.246 e. The van der Waals surface area contributed by atoms with E-state index in [1.807, 2.05) is 7.05 Å². The molecule has 1 saturated heterocycles. The van der Waals surface area contributed by atoms with Crippen LogP contribution in [0.2, 0.25) is 0 Å². The van der Waals surface area contributed by atoms with Gasteiger partial charge in [0.15, 0.2) is 0 Å². The summed E-state index contributed by atoms with van der Waals surface area (Å²) in [6.45, 7) is 9.17. The predicted octanol–water partition coefficient (Wildman–Crippen LogP) is 2.77. The molecule has 1 aromatic rings. The number of likely N-dealkylation sites (N-methyl/N-ethyl adjacent to an activating group) is 1. The maximum Gasteiger partial charge on any atom is 0.246 e. The van der Waals surface area contributed by atoms with E-state index >= 15 is 0 Å². The lowest BCUT2D eigenvalue weighted by atomic mass is 9.80. The monoisotopic (exact) mass is 287 g/mol. The van der Waals surface area contributed by atoms with Gasteiger partial charge >= 0.3 is 0 Å². The van der Waals surface area contributed by atoms with Gasteiger partial charge in [0.1, 0.15) is 6.04 Å². The quantitative estimate of drug-likeness (QED) is 0.879. The number of anilines is 2. The second kappa shape index (κ2) is 5.02. The van der Waals surface area contributed by atoms with Crippen molar-refractivity contribution in [2.24, 2.45) is 11.3 Å². The van der Waals surface area contributed by atoms with Gasteiger partial charge in [-0.25, -0.2) is 0 Å². The molecular formula is C17H25N3O. The van der Waals surface area contributed by atoms with Crippen molar-refractivity contribution in [3.8, 4) is 0 Å². The highest BCUT2D eigenvalue weighted by molar-refractivity contribution is 6.03. The molecular weight excluding hydrogens is 262 g/mol. The maximum absolute atomic E-state index is 11.9. The molecule has 3 rings (SSSR count). The minimum absolute atomic E-state index is 0.0404. The Balaban J connectivity index is 1.81. The summed E-state index contributed by atoms with van der Waals surface area (Å²) in [5.41, 5.74) is 3.59. The molecule has 114 valence electrons. The molecule has 0 aliphatic carbocycles. The van der Waals surface area contributed by atoms with Gasteiger partial charge in [0, 0.05) is 30.0 Å². The lowest BCUT2D eigenvalue weighted by molar-refractivity contribution is -0.117. The normalized spacial score (nSPS) is 25.1. The molecule has 2 atom stereocenters. The van der Waals surface area contributed by atoms with Gasteiger partial charge in [0.25, 0.3) is 0 Å². The Labute approximate surface area is 126 Å². The van der Waals surface area contributed by atoms with Crippen molar-refractivity contribution >= 4 is 17.3 Å². The van der Waals surface area contributed by atoms with Gasteiger partial charge < -0.3 is 15.5 Å². The van der Waals surface area contributed by atoms with E-state index in [4.69, 9.17) is 0 Å². The van der Waals surface area contributed by atoms with E-state index in [1.54, 1.807) is 0 Å². The molecule has 2 unspecified atom stereocenters. The van der Waals surface area contributed by atoms with E-state index < -0.39 is 0 Å². The average Bonchev–Trinajstić information content (AvgIpc) is 3.00. The van der Waals surface area contributed by atoms with E-state index in [9.17, 15) is 4.79 Å². The van der Waals surface area contributed by atoms with Gasteiger partial charge in [-0.1, -0.05) is 26.8 Å². The van der Waals surface area contributed by atoms with Gasteiger partial charge in [-0.2, -0.15) is 0 Å². The molecule has 0 bridgehead atoms. The molecule has 2 aliphatic rings. The van der Waals surface area contributed by atoms with Crippen molar-refractivity contribution in [1.82, 2.24) is 5.32 Å². The van der Waals surface area contributed by atoms with Crippen LogP contribution in [-0.2, 0) is 4.79 Å². The molecule has 1 aromatic carbocycles. The van der Waals surface area contributed by atoms with Crippen LogP contribution in [-0.4, -0.2) is 26.0 Å². The van der Waals surface area contributed by atoms with E-state index in [2.05, 4.69) is 54.5 Å². The minimum atomic E-state index is -0.213. The topological polar surface area (TPSA) is 44.4 Å². The number of fused-ring (bicyclic) bond motifs is 1. The number of rotatable bonds is 2. The van der Waals surface area contributed by atoms with Crippen LogP contribution in [0.4, 0.5) is 11.4 Å². The number of hydrogen-bond acceptors (Lipinski definition) is 3. The van der Waals surface area contributed by atoms with Crippen LogP contribution in [0.25, 0.3) is 0 Å². The SMILES string of the molecule is CNC1C(=O)Nc2cc(N3CCC(C(C)(C)C)C3)ccc21. The van der Waals surface area contributed by atoms with Crippen molar-refractivity contribution in [2.75, 3.05) is 30.4 Å². The summed E-state index contributed by atoms with van der Waals surface area (Å²) < 4.78 is 0. The summed E-state index contributed by atoms with van der Waals surface area (Å²) >= 11 is 0. The largest absolute Gasteiger partial charge is 0.371 e. The third-order valence-corrected chi connectivity index (χ3v) is 4.93. The molecule has 1 amide bonds. The zero-order chi connectivity index (χ0) is 15.2. The standard InChI is InChI=1S/C17H25N3O/c1-17(2,3)11-7-8-20(10-11)12-5-6-13-14(9-12)19-16(21)15(13)18-4/h5-6,9,11,15,18H,7-8,10H2,1-4H3,(H,19,21). The molecule has 2 aliphatic heterocycles. The third kappa shape index (κ3) is 2.53. The number of amides is 1. The fraction of sp³-hybridized carbons (Fsp3) is 0.588. The highest BCUT2D eigenvalue weighted by Gasteiger charge is 2.33. The van der Waals surface area contributed by atoms with Crippen LogP contribution in [0.1, 0.15) is 38.8 Å². The Morgan fingerprint density at radius 1 is 1.33 bits per heavy atom. The highest BCUT2D eigenvalue weighted by atomic mass is 16.2. The second-order valence-electron chi connectivity index (χ2n) is 7.28. The Hall–Kier alpha value is -1.55. The molecule has 0 saturated carbocycles. The van der Waals surface area contributed by atoms with Crippen molar-refractivity contribution < 1.29 is 4.79 Å². The summed E-state index contributed by atoms with van der Waals surface area (Å²) in [5, 5.41) is 6.04. The second-order valence-corrected chi connectivity index (χ2v) is 7.28. The van der Waals surface area contributed by atoms with Crippen molar-refractivity contribution in [3.05, 3.63) is 23.8 Å². The first-order valence-corrected chi connectivity index (χ1v) is 7.77. The summed E-state index contributed by atoms with van der Waals surface area (Å²) in [7, 11) is 1.82. The van der Waals surface area contributed by atoms with Crippen molar-refractivity contribution in [1.29, 1.82) is 0 Å². The minimum Gasteiger partial charge on any atom is -0.371 e. The van der Waals surface area contributed by atoms with E-state index in [-0.39, 0.29) is 11.9 Å². The van der Waals surface area contributed by atoms with Crippen LogP contribution in [0, 0.1) is 11.3 Å². The van der Waals surface area contributed by atoms with Gasteiger partial charge in [0.2, 0.25) is 5.91 Å². The first-order chi connectivity index (χ1) is 9.90. The van der Waals surface area contributed by atoms with Crippen LogP contribution < -0.4 is 15.5 Å². The zero-order valence-electron chi connectivity index (χ0n) is 13.4. The molecule has 2 heterocycles. The van der Waals surface area contributed by atoms with Crippen LogP contribution in [0.3, 0.4) is 0 Å². The Morgan fingerprint density at radius 2 is 2.10 bits per heavy atom. The molecule has 0 radical (unpaired) electrons. The van der Waals surface area contributed by atoms with E-state index in [0.717, 1.165) is 30.3 Å². The Morgan fingerprint density at radius 3 is 2.71 bits per heavy atom. The molecule has 0 spiro atoms. The number of nitrogens with zero attached hydrogens (tertiary/aromatic N) is 1. The summed E-state index contributed by atoms with van der Waals surface area (Å²) in [5.74, 6) is 0.768. The third-order valence-electron chi connectivity index (χ3n) is 4.93. The van der Waals surface area contributed by atoms with Crippen LogP contribution in [0.15, 0.2) is 18.2 Å². The number of nitrogens with one attached hydrogen (secondary N) is 2. The number of benzene rings is 1. The first kappa shape index (κ1) is 14.4. The van der Waals surface area contributed by atoms with Crippen LogP contribution in [0.5, 0.6) is 0 Å². The summed E-state index contributed by atoms with van der Waals surface area (Å²) in [6.07, 6.45) is 1.24. The molecule has 0 aromatic heterocycles. The number of carbonyl (C=O) groups is 1. The van der Waals surface area contributed by atoms with Crippen LogP contribution >= 0.6 is 0 Å². The molecule has 2 N–H and O–H groups in total. The Kier molecular flexibility index (Phi) is 3.44. The lowest BCUT2D eigenvalue weighted by Crippen LogP contribution is -2.25.